The van der Waals surface area contributed by atoms with Gasteiger partial charge in [0.25, 0.3) is 0 Å². The Labute approximate surface area is 118 Å². The number of H-pyrrole nitrogens is 1. The molecule has 2 unspecified atom stereocenters. The Morgan fingerprint density at radius 1 is 1.50 bits per heavy atom. The van der Waals surface area contributed by atoms with Crippen molar-refractivity contribution in [3.63, 3.8) is 0 Å². The second-order valence-corrected chi connectivity index (χ2v) is 7.12. The van der Waals surface area contributed by atoms with E-state index in [1.807, 2.05) is 6.92 Å². The first-order valence-corrected chi connectivity index (χ1v) is 8.57. The van der Waals surface area contributed by atoms with Gasteiger partial charge in [-0.15, -0.1) is 0 Å². The molecule has 1 saturated heterocycles. The second-order valence-electron chi connectivity index (χ2n) is 4.89. The highest BCUT2D eigenvalue weighted by Gasteiger charge is 2.41. The van der Waals surface area contributed by atoms with Crippen LogP contribution in [-0.2, 0) is 25.8 Å². The molecule has 0 bridgehead atoms. The summed E-state index contributed by atoms with van der Waals surface area (Å²) in [5.41, 5.74) is 0. The van der Waals surface area contributed by atoms with E-state index >= 15 is 0 Å². The number of nitrogens with one attached hydrogen (secondary N) is 1. The van der Waals surface area contributed by atoms with Crippen LogP contribution in [0.2, 0.25) is 0 Å². The van der Waals surface area contributed by atoms with Crippen molar-refractivity contribution < 1.29 is 17.9 Å². The fourth-order valence-corrected chi connectivity index (χ4v) is 4.27. The summed E-state index contributed by atoms with van der Waals surface area (Å²) in [6, 6.07) is 0. The van der Waals surface area contributed by atoms with Gasteiger partial charge in [-0.3, -0.25) is 9.89 Å². The molecule has 0 aromatic carbocycles. The van der Waals surface area contributed by atoms with E-state index in [1.54, 1.807) is 6.92 Å². The maximum absolute atomic E-state index is 12.1. The predicted molar refractivity (Wildman–Crippen MR) is 71.9 cm³/mol. The molecule has 2 rings (SSSR count). The van der Waals surface area contributed by atoms with Crippen molar-refractivity contribution in [3.05, 3.63) is 11.6 Å². The number of hydrogen-bond donors (Lipinski definition) is 1. The Balaban J connectivity index is 2.27. The molecule has 8 heteroatoms. The minimum Gasteiger partial charge on any atom is -0.465 e. The molecule has 20 heavy (non-hydrogen) atoms. The Bertz CT molecular complexity index is 581. The summed E-state index contributed by atoms with van der Waals surface area (Å²) in [6.45, 7) is 3.89. The monoisotopic (exact) mass is 301 g/mol. The molecule has 1 aliphatic heterocycles. The van der Waals surface area contributed by atoms with Gasteiger partial charge in [0.1, 0.15) is 11.7 Å². The number of aromatic nitrogens is 3. The molecule has 112 valence electrons. The van der Waals surface area contributed by atoms with Crippen molar-refractivity contribution in [1.82, 2.24) is 15.2 Å². The van der Waals surface area contributed by atoms with Crippen molar-refractivity contribution in [2.24, 2.45) is 5.92 Å². The zero-order chi connectivity index (χ0) is 14.8. The van der Waals surface area contributed by atoms with Crippen LogP contribution in [0.1, 0.15) is 37.8 Å². The topological polar surface area (TPSA) is 102 Å². The van der Waals surface area contributed by atoms with Gasteiger partial charge in [-0.05, 0) is 19.3 Å². The minimum absolute atomic E-state index is 0.00746. The van der Waals surface area contributed by atoms with Crippen LogP contribution >= 0.6 is 0 Å². The summed E-state index contributed by atoms with van der Waals surface area (Å²) in [4.78, 5) is 16.4. The van der Waals surface area contributed by atoms with Crippen LogP contribution in [0.3, 0.4) is 0 Å². The summed E-state index contributed by atoms with van der Waals surface area (Å²) in [6.07, 6.45) is 1.12. The Hall–Kier alpha value is -1.44. The largest absolute Gasteiger partial charge is 0.465 e. The fraction of sp³-hybridized carbons (Fsp3) is 0.750. The maximum Gasteiger partial charge on any atom is 0.317 e. The van der Waals surface area contributed by atoms with Gasteiger partial charge < -0.3 is 4.74 Å². The average molecular weight is 301 g/mol. The quantitative estimate of drug-likeness (QED) is 0.792. The summed E-state index contributed by atoms with van der Waals surface area (Å²) in [5.74, 6) is -0.345. The number of aromatic amines is 1. The van der Waals surface area contributed by atoms with Gasteiger partial charge in [-0.25, -0.2) is 13.4 Å². The van der Waals surface area contributed by atoms with Crippen molar-refractivity contribution in [2.45, 2.75) is 32.6 Å². The van der Waals surface area contributed by atoms with Gasteiger partial charge in [-0.1, -0.05) is 6.92 Å². The molecule has 2 heterocycles. The molecule has 7 nitrogen and oxygen atoms in total. The van der Waals surface area contributed by atoms with Crippen molar-refractivity contribution in [1.29, 1.82) is 0 Å². The van der Waals surface area contributed by atoms with Crippen molar-refractivity contribution in [2.75, 3.05) is 18.1 Å². The number of carbonyl (C=O) groups is 1. The number of ether oxygens (including phenoxy) is 1. The molecule has 0 aliphatic carbocycles. The van der Waals surface area contributed by atoms with E-state index < -0.39 is 21.7 Å². The number of nitrogens with zero attached hydrogens (tertiary/aromatic N) is 2. The molecule has 1 N–H and O–H groups in total. The van der Waals surface area contributed by atoms with Crippen molar-refractivity contribution >= 4 is 15.8 Å². The smallest absolute Gasteiger partial charge is 0.317 e. The molecule has 1 aliphatic rings. The fourth-order valence-electron chi connectivity index (χ4n) is 2.43. The van der Waals surface area contributed by atoms with Crippen LogP contribution in [0.5, 0.6) is 0 Å². The molecule has 0 radical (unpaired) electrons. The first-order valence-electron chi connectivity index (χ1n) is 6.75. The number of esters is 1. The van der Waals surface area contributed by atoms with E-state index in [4.69, 9.17) is 4.74 Å². The van der Waals surface area contributed by atoms with Gasteiger partial charge >= 0.3 is 5.97 Å². The van der Waals surface area contributed by atoms with E-state index in [0.29, 0.717) is 24.5 Å². The number of carbonyl (C=O) groups excluding carboxylic acids is 1. The van der Waals surface area contributed by atoms with Gasteiger partial charge in [0.05, 0.1) is 18.1 Å². The summed E-state index contributed by atoms with van der Waals surface area (Å²) < 4.78 is 28.3. The second kappa shape index (κ2) is 5.90. The van der Waals surface area contributed by atoms with Crippen LogP contribution < -0.4 is 0 Å². The van der Waals surface area contributed by atoms with E-state index in [-0.39, 0.29) is 24.0 Å². The number of rotatable bonds is 5. The van der Waals surface area contributed by atoms with E-state index in [0.717, 1.165) is 0 Å². The average Bonchev–Trinajstić information content (AvgIpc) is 2.97. The molecule has 0 amide bonds. The standard InChI is InChI=1S/C12H19N3O4S/c1-3-9-13-11(15-14-9)10(12(16)19-4-2)8-5-6-20(17,18)7-8/h8,10H,3-7H2,1-2H3,(H,13,14,15). The molecular formula is C12H19N3O4S. The number of sulfone groups is 1. The maximum atomic E-state index is 12.1. The molecule has 2 atom stereocenters. The highest BCUT2D eigenvalue weighted by molar-refractivity contribution is 7.91. The minimum atomic E-state index is -3.07. The lowest BCUT2D eigenvalue weighted by Gasteiger charge is -2.17. The third kappa shape index (κ3) is 3.17. The molecule has 0 spiro atoms. The van der Waals surface area contributed by atoms with Gasteiger partial charge in [0.15, 0.2) is 15.7 Å². The normalized spacial score (nSPS) is 22.6. The van der Waals surface area contributed by atoms with Crippen LogP contribution in [0.4, 0.5) is 0 Å². The van der Waals surface area contributed by atoms with E-state index in [9.17, 15) is 13.2 Å². The van der Waals surface area contributed by atoms with Gasteiger partial charge in [0, 0.05) is 6.42 Å². The lowest BCUT2D eigenvalue weighted by Crippen LogP contribution is -2.26. The number of aryl methyl sites for hydroxylation is 1. The molecular weight excluding hydrogens is 282 g/mol. The van der Waals surface area contributed by atoms with Crippen LogP contribution in [0.15, 0.2) is 0 Å². The Morgan fingerprint density at radius 3 is 2.75 bits per heavy atom. The predicted octanol–water partition coefficient (Wildman–Crippen LogP) is 0.449. The summed E-state index contributed by atoms with van der Waals surface area (Å²) in [7, 11) is -3.07. The molecule has 1 aromatic heterocycles. The van der Waals surface area contributed by atoms with Crippen molar-refractivity contribution in [3.8, 4) is 0 Å². The third-order valence-corrected chi connectivity index (χ3v) is 5.24. The van der Waals surface area contributed by atoms with Crippen LogP contribution in [0, 0.1) is 5.92 Å². The summed E-state index contributed by atoms with van der Waals surface area (Å²) >= 11 is 0. The highest BCUT2D eigenvalue weighted by Crippen LogP contribution is 2.32. The Morgan fingerprint density at radius 2 is 2.25 bits per heavy atom. The first kappa shape index (κ1) is 15.0. The summed E-state index contributed by atoms with van der Waals surface area (Å²) in [5, 5.41) is 6.81. The van der Waals surface area contributed by atoms with E-state index in [1.165, 1.54) is 0 Å². The highest BCUT2D eigenvalue weighted by atomic mass is 32.2. The zero-order valence-corrected chi connectivity index (χ0v) is 12.4. The lowest BCUT2D eigenvalue weighted by atomic mass is 9.91. The number of hydrogen-bond acceptors (Lipinski definition) is 6. The van der Waals surface area contributed by atoms with E-state index in [2.05, 4.69) is 15.2 Å². The van der Waals surface area contributed by atoms with Crippen LogP contribution in [0.25, 0.3) is 0 Å². The molecule has 0 saturated carbocycles. The van der Waals surface area contributed by atoms with Crippen LogP contribution in [-0.4, -0.2) is 47.7 Å². The van der Waals surface area contributed by atoms with Gasteiger partial charge in [0.2, 0.25) is 0 Å². The third-order valence-electron chi connectivity index (χ3n) is 3.44. The zero-order valence-electron chi connectivity index (χ0n) is 11.6. The molecule has 1 fully saturated rings. The molecule has 1 aromatic rings. The first-order chi connectivity index (χ1) is 9.46. The Kier molecular flexibility index (Phi) is 4.42. The lowest BCUT2D eigenvalue weighted by molar-refractivity contribution is -0.146. The van der Waals surface area contributed by atoms with Gasteiger partial charge in [-0.2, -0.15) is 5.10 Å². The SMILES string of the molecule is CCOC(=O)C(c1n[nH]c(CC)n1)C1CCS(=O)(=O)C1.